The number of hydrogen-bond donors (Lipinski definition) is 0. The van der Waals surface area contributed by atoms with Crippen LogP contribution < -0.4 is 0 Å². The van der Waals surface area contributed by atoms with Crippen LogP contribution in [0.3, 0.4) is 0 Å². The zero-order valence-corrected chi connectivity index (χ0v) is 13.9. The van der Waals surface area contributed by atoms with Crippen LogP contribution in [0.15, 0.2) is 12.3 Å². The fraction of sp³-hybridized carbons (Fsp3) is 0.571. The molecule has 1 aromatic rings. The SMILES string of the molecule is CC(C)N1CCCC(SCc2ncc(Cl)cc2Cl)C1=O. The maximum absolute atomic E-state index is 12.4. The molecule has 2 heterocycles. The van der Waals surface area contributed by atoms with E-state index in [0.717, 1.165) is 25.1 Å². The van der Waals surface area contributed by atoms with Crippen molar-refractivity contribution < 1.29 is 4.79 Å². The van der Waals surface area contributed by atoms with Crippen LogP contribution in [0.2, 0.25) is 10.0 Å². The van der Waals surface area contributed by atoms with Crippen LogP contribution in [-0.2, 0) is 10.5 Å². The number of nitrogens with zero attached hydrogens (tertiary/aromatic N) is 2. The second-order valence-electron chi connectivity index (χ2n) is 5.15. The topological polar surface area (TPSA) is 33.2 Å². The summed E-state index contributed by atoms with van der Waals surface area (Å²) in [6, 6.07) is 1.96. The van der Waals surface area contributed by atoms with Gasteiger partial charge >= 0.3 is 0 Å². The molecule has 1 aliphatic rings. The number of thioether (sulfide) groups is 1. The Morgan fingerprint density at radius 2 is 2.25 bits per heavy atom. The van der Waals surface area contributed by atoms with E-state index >= 15 is 0 Å². The number of pyridine rings is 1. The highest BCUT2D eigenvalue weighted by atomic mass is 35.5. The largest absolute Gasteiger partial charge is 0.339 e. The molecule has 0 saturated carbocycles. The van der Waals surface area contributed by atoms with Gasteiger partial charge in [0.1, 0.15) is 0 Å². The van der Waals surface area contributed by atoms with E-state index < -0.39 is 0 Å². The number of halogens is 2. The van der Waals surface area contributed by atoms with Crippen molar-refractivity contribution in [3.63, 3.8) is 0 Å². The van der Waals surface area contributed by atoms with E-state index in [0.29, 0.717) is 15.8 Å². The minimum atomic E-state index is 0.0136. The second-order valence-corrected chi connectivity index (χ2v) is 7.18. The minimum Gasteiger partial charge on any atom is -0.339 e. The van der Waals surface area contributed by atoms with Crippen LogP contribution >= 0.6 is 35.0 Å². The summed E-state index contributed by atoms with van der Waals surface area (Å²) in [6.45, 7) is 4.98. The molecule has 3 nitrogen and oxygen atoms in total. The van der Waals surface area contributed by atoms with Crippen molar-refractivity contribution in [3.8, 4) is 0 Å². The first-order chi connectivity index (χ1) is 9.49. The molecule has 1 aromatic heterocycles. The predicted molar refractivity (Wildman–Crippen MR) is 85.4 cm³/mol. The lowest BCUT2D eigenvalue weighted by atomic mass is 10.1. The summed E-state index contributed by atoms with van der Waals surface area (Å²) in [4.78, 5) is 18.5. The number of hydrogen-bond acceptors (Lipinski definition) is 3. The van der Waals surface area contributed by atoms with Crippen molar-refractivity contribution in [1.82, 2.24) is 9.88 Å². The van der Waals surface area contributed by atoms with Gasteiger partial charge in [-0.3, -0.25) is 9.78 Å². The monoisotopic (exact) mass is 332 g/mol. The smallest absolute Gasteiger partial charge is 0.235 e. The fourth-order valence-electron chi connectivity index (χ4n) is 2.26. The number of likely N-dealkylation sites (tertiary alicyclic amines) is 1. The van der Waals surface area contributed by atoms with E-state index in [-0.39, 0.29) is 17.2 Å². The Morgan fingerprint density at radius 1 is 1.50 bits per heavy atom. The van der Waals surface area contributed by atoms with Gasteiger partial charge in [-0.2, -0.15) is 0 Å². The van der Waals surface area contributed by atoms with E-state index in [2.05, 4.69) is 18.8 Å². The third kappa shape index (κ3) is 3.80. The molecule has 20 heavy (non-hydrogen) atoms. The molecule has 2 rings (SSSR count). The lowest BCUT2D eigenvalue weighted by Gasteiger charge is -2.34. The highest BCUT2D eigenvalue weighted by molar-refractivity contribution is 7.99. The molecule has 0 bridgehead atoms. The molecular weight excluding hydrogens is 315 g/mol. The lowest BCUT2D eigenvalue weighted by molar-refractivity contribution is -0.134. The highest BCUT2D eigenvalue weighted by Gasteiger charge is 2.30. The normalized spacial score (nSPS) is 19.8. The molecule has 0 spiro atoms. The number of amides is 1. The number of carbonyl (C=O) groups is 1. The summed E-state index contributed by atoms with van der Waals surface area (Å²) in [6.07, 6.45) is 3.58. The zero-order chi connectivity index (χ0) is 14.7. The van der Waals surface area contributed by atoms with Gasteiger partial charge in [0, 0.05) is 24.5 Å². The number of rotatable bonds is 4. The van der Waals surface area contributed by atoms with E-state index in [1.807, 2.05) is 4.90 Å². The van der Waals surface area contributed by atoms with Gasteiger partial charge in [-0.15, -0.1) is 11.8 Å². The molecule has 0 aliphatic carbocycles. The second kappa shape index (κ2) is 7.01. The molecule has 1 saturated heterocycles. The molecule has 0 aromatic carbocycles. The molecule has 0 N–H and O–H groups in total. The molecule has 1 atom stereocenters. The summed E-state index contributed by atoms with van der Waals surface area (Å²) in [5.74, 6) is 0.875. The number of carbonyl (C=O) groups excluding carboxylic acids is 1. The van der Waals surface area contributed by atoms with E-state index in [1.54, 1.807) is 24.0 Å². The average molecular weight is 333 g/mol. The molecule has 1 fully saturated rings. The van der Waals surface area contributed by atoms with E-state index in [1.165, 1.54) is 0 Å². The maximum Gasteiger partial charge on any atom is 0.235 e. The average Bonchev–Trinajstić information content (AvgIpc) is 2.39. The van der Waals surface area contributed by atoms with Gasteiger partial charge in [0.15, 0.2) is 0 Å². The van der Waals surface area contributed by atoms with E-state index in [9.17, 15) is 4.79 Å². The Bertz CT molecular complexity index is 496. The third-order valence-corrected chi connectivity index (χ3v) is 5.17. The molecular formula is C14H18Cl2N2OS. The summed E-state index contributed by atoms with van der Waals surface area (Å²) >= 11 is 13.6. The van der Waals surface area contributed by atoms with Crippen molar-refractivity contribution in [1.29, 1.82) is 0 Å². The Labute approximate surface area is 134 Å². The maximum atomic E-state index is 12.4. The van der Waals surface area contributed by atoms with Crippen LogP contribution in [0, 0.1) is 0 Å². The summed E-state index contributed by atoms with van der Waals surface area (Å²) in [5, 5.41) is 1.11. The highest BCUT2D eigenvalue weighted by Crippen LogP contribution is 2.29. The Balaban J connectivity index is 1.98. The van der Waals surface area contributed by atoms with Gasteiger partial charge in [-0.05, 0) is 32.8 Å². The van der Waals surface area contributed by atoms with Crippen LogP contribution in [0.25, 0.3) is 0 Å². The molecule has 110 valence electrons. The first kappa shape index (κ1) is 15.9. The van der Waals surface area contributed by atoms with Crippen LogP contribution in [-0.4, -0.2) is 33.6 Å². The predicted octanol–water partition coefficient (Wildman–Crippen LogP) is 4.02. The molecule has 1 amide bonds. The quantitative estimate of drug-likeness (QED) is 0.834. The summed E-state index contributed by atoms with van der Waals surface area (Å²) in [5.41, 5.74) is 0.788. The molecule has 1 unspecified atom stereocenters. The van der Waals surface area contributed by atoms with Gasteiger partial charge in [-0.25, -0.2) is 0 Å². The van der Waals surface area contributed by atoms with Gasteiger partial charge in [0.25, 0.3) is 0 Å². The molecule has 6 heteroatoms. The first-order valence-corrected chi connectivity index (χ1v) is 8.51. The first-order valence-electron chi connectivity index (χ1n) is 6.71. The molecule has 0 radical (unpaired) electrons. The Kier molecular flexibility index (Phi) is 5.58. The van der Waals surface area contributed by atoms with Crippen molar-refractivity contribution in [2.24, 2.45) is 0 Å². The number of piperidine rings is 1. The van der Waals surface area contributed by atoms with Crippen LogP contribution in [0.1, 0.15) is 32.4 Å². The molecule has 1 aliphatic heterocycles. The van der Waals surface area contributed by atoms with Crippen molar-refractivity contribution in [2.45, 2.75) is 43.7 Å². The fourth-order valence-corrected chi connectivity index (χ4v) is 3.99. The standard InChI is InChI=1S/C14H18Cl2N2OS/c1-9(2)18-5-3-4-13(14(18)19)20-8-12-11(16)6-10(15)7-17-12/h6-7,9,13H,3-5,8H2,1-2H3. The van der Waals surface area contributed by atoms with Crippen molar-refractivity contribution >= 4 is 40.9 Å². The van der Waals surface area contributed by atoms with Crippen LogP contribution in [0.5, 0.6) is 0 Å². The summed E-state index contributed by atoms with van der Waals surface area (Å²) in [7, 11) is 0. The van der Waals surface area contributed by atoms with E-state index in [4.69, 9.17) is 23.2 Å². The zero-order valence-electron chi connectivity index (χ0n) is 11.6. The lowest BCUT2D eigenvalue weighted by Crippen LogP contribution is -2.46. The Morgan fingerprint density at radius 3 is 2.90 bits per heavy atom. The number of aromatic nitrogens is 1. The van der Waals surface area contributed by atoms with Gasteiger partial charge < -0.3 is 4.90 Å². The van der Waals surface area contributed by atoms with Crippen molar-refractivity contribution in [3.05, 3.63) is 28.0 Å². The Hall–Kier alpha value is -0.450. The van der Waals surface area contributed by atoms with Gasteiger partial charge in [0.2, 0.25) is 5.91 Å². The minimum absolute atomic E-state index is 0.0136. The third-order valence-electron chi connectivity index (χ3n) is 3.35. The van der Waals surface area contributed by atoms with Crippen molar-refractivity contribution in [2.75, 3.05) is 6.54 Å². The van der Waals surface area contributed by atoms with Gasteiger partial charge in [-0.1, -0.05) is 23.2 Å². The summed E-state index contributed by atoms with van der Waals surface area (Å²) < 4.78 is 0. The van der Waals surface area contributed by atoms with Crippen LogP contribution in [0.4, 0.5) is 0 Å². The van der Waals surface area contributed by atoms with Gasteiger partial charge in [0.05, 0.1) is 21.0 Å².